The van der Waals surface area contributed by atoms with Gasteiger partial charge in [0.1, 0.15) is 23.7 Å². The van der Waals surface area contributed by atoms with Gasteiger partial charge in [0.2, 0.25) is 0 Å². The Morgan fingerprint density at radius 1 is 1.06 bits per heavy atom. The van der Waals surface area contributed by atoms with Gasteiger partial charge in [0, 0.05) is 30.0 Å². The molecule has 8 heteroatoms. The van der Waals surface area contributed by atoms with Crippen molar-refractivity contribution < 1.29 is 23.8 Å². The zero-order valence-corrected chi connectivity index (χ0v) is 19.9. The van der Waals surface area contributed by atoms with Gasteiger partial charge in [0.05, 0.1) is 5.02 Å². The van der Waals surface area contributed by atoms with Crippen molar-refractivity contribution in [3.8, 4) is 5.75 Å². The lowest BCUT2D eigenvalue weighted by molar-refractivity contribution is -0.137. The lowest BCUT2D eigenvalue weighted by Crippen LogP contribution is -2.35. The molecule has 34 heavy (non-hydrogen) atoms. The van der Waals surface area contributed by atoms with Crippen molar-refractivity contribution in [2.45, 2.75) is 31.9 Å². The molecule has 176 valence electrons. The summed E-state index contributed by atoms with van der Waals surface area (Å²) in [6.45, 7) is 1.63. The fourth-order valence-electron chi connectivity index (χ4n) is 4.19. The Morgan fingerprint density at radius 3 is 2.44 bits per heavy atom. The van der Waals surface area contributed by atoms with Crippen molar-refractivity contribution in [3.63, 3.8) is 0 Å². The molecule has 0 unspecified atom stereocenters. The summed E-state index contributed by atoms with van der Waals surface area (Å²) < 4.78 is 20.0. The first-order valence-corrected chi connectivity index (χ1v) is 11.4. The molecule has 0 spiro atoms. The molecule has 0 aromatic heterocycles. The molecule has 5 nitrogen and oxygen atoms in total. The van der Waals surface area contributed by atoms with Gasteiger partial charge in [-0.25, -0.2) is 4.39 Å². The number of hydrogen-bond donors (Lipinski definition) is 1. The smallest absolute Gasteiger partial charge is 0.323 e. The molecule has 3 aromatic rings. The second-order valence-corrected chi connectivity index (χ2v) is 9.50. The maximum absolute atomic E-state index is 13.9. The van der Waals surface area contributed by atoms with Crippen LogP contribution in [-0.4, -0.2) is 34.0 Å². The third-order valence-electron chi connectivity index (χ3n) is 5.69. The van der Waals surface area contributed by atoms with E-state index in [2.05, 4.69) is 0 Å². The fraction of sp³-hybridized carbons (Fsp3) is 0.231. The van der Waals surface area contributed by atoms with Crippen molar-refractivity contribution in [2.24, 2.45) is 0 Å². The number of carboxylic acid groups (broad SMARTS) is 1. The minimum absolute atomic E-state index is 0.0669. The predicted molar refractivity (Wildman–Crippen MR) is 128 cm³/mol. The molecule has 4 rings (SSSR count). The molecule has 0 saturated heterocycles. The average Bonchev–Trinajstić information content (AvgIpc) is 3.11. The van der Waals surface area contributed by atoms with Gasteiger partial charge >= 0.3 is 5.97 Å². The number of nitrogens with zero attached hydrogens (tertiary/aromatic N) is 1. The van der Waals surface area contributed by atoms with E-state index in [1.54, 1.807) is 48.5 Å². The van der Waals surface area contributed by atoms with Crippen LogP contribution >= 0.6 is 23.2 Å². The van der Waals surface area contributed by atoms with Crippen LogP contribution in [0.5, 0.6) is 5.75 Å². The van der Waals surface area contributed by atoms with E-state index in [-0.39, 0.29) is 11.6 Å². The highest BCUT2D eigenvalue weighted by Crippen LogP contribution is 2.38. The molecule has 0 radical (unpaired) electrons. The van der Waals surface area contributed by atoms with Crippen LogP contribution in [0.25, 0.3) is 0 Å². The van der Waals surface area contributed by atoms with E-state index in [1.807, 2.05) is 6.92 Å². The van der Waals surface area contributed by atoms with E-state index < -0.39 is 29.8 Å². The molecule has 1 N–H and O–H groups in total. The topological polar surface area (TPSA) is 66.8 Å². The normalized spacial score (nSPS) is 16.6. The first kappa shape index (κ1) is 24.0. The van der Waals surface area contributed by atoms with E-state index in [9.17, 15) is 19.1 Å². The summed E-state index contributed by atoms with van der Waals surface area (Å²) >= 11 is 11.7. The van der Waals surface area contributed by atoms with E-state index in [0.29, 0.717) is 29.2 Å². The molecule has 0 fully saturated rings. The van der Waals surface area contributed by atoms with Gasteiger partial charge in [-0.2, -0.15) is 0 Å². The maximum Gasteiger partial charge on any atom is 0.323 e. The van der Waals surface area contributed by atoms with Crippen LogP contribution in [0.2, 0.25) is 10.0 Å². The molecule has 0 saturated carbocycles. The molecule has 1 heterocycles. The Balaban J connectivity index is 1.52. The number of carboxylic acids is 1. The summed E-state index contributed by atoms with van der Waals surface area (Å²) in [6, 6.07) is 16.7. The first-order chi connectivity index (χ1) is 16.1. The highest BCUT2D eigenvalue weighted by atomic mass is 35.5. The second kappa shape index (κ2) is 9.65. The van der Waals surface area contributed by atoms with Crippen molar-refractivity contribution >= 4 is 35.1 Å². The Kier molecular flexibility index (Phi) is 6.82. The molecular formula is C26H22Cl2FNO4. The van der Waals surface area contributed by atoms with Crippen LogP contribution in [-0.2, 0) is 24.2 Å². The Bertz CT molecular complexity index is 1250. The van der Waals surface area contributed by atoms with Crippen LogP contribution in [0.3, 0.4) is 0 Å². The average molecular weight is 502 g/mol. The maximum atomic E-state index is 13.9. The van der Waals surface area contributed by atoms with Gasteiger partial charge in [-0.05, 0) is 66.1 Å². The number of fused-ring (bicyclic) bond motifs is 1. The minimum atomic E-state index is -1.10. The molecule has 1 amide bonds. The van der Waals surface area contributed by atoms with Gasteiger partial charge < -0.3 is 14.7 Å². The minimum Gasteiger partial charge on any atom is -0.487 e. The van der Waals surface area contributed by atoms with Crippen LogP contribution in [0.1, 0.15) is 34.0 Å². The van der Waals surface area contributed by atoms with E-state index in [0.717, 1.165) is 16.7 Å². The molecule has 3 aromatic carbocycles. The van der Waals surface area contributed by atoms with Crippen molar-refractivity contribution in [1.82, 2.24) is 4.90 Å². The van der Waals surface area contributed by atoms with Gasteiger partial charge in [-0.1, -0.05) is 41.4 Å². The van der Waals surface area contributed by atoms with Crippen molar-refractivity contribution in [1.29, 1.82) is 0 Å². The number of carbonyl (C=O) groups excluding carboxylic acids is 1. The summed E-state index contributed by atoms with van der Waals surface area (Å²) in [6.07, 6.45) is 0.977. The van der Waals surface area contributed by atoms with Gasteiger partial charge in [-0.3, -0.25) is 9.59 Å². The highest BCUT2D eigenvalue weighted by Gasteiger charge is 2.36. The molecule has 1 aliphatic heterocycles. The van der Waals surface area contributed by atoms with Gasteiger partial charge in [0.25, 0.3) is 5.91 Å². The van der Waals surface area contributed by atoms with Crippen LogP contribution in [0.15, 0.2) is 60.7 Å². The summed E-state index contributed by atoms with van der Waals surface area (Å²) in [7, 11) is 0. The van der Waals surface area contributed by atoms with E-state index in [1.165, 1.54) is 17.0 Å². The van der Waals surface area contributed by atoms with Crippen molar-refractivity contribution in [3.05, 3.63) is 98.8 Å². The monoisotopic (exact) mass is 501 g/mol. The summed E-state index contributed by atoms with van der Waals surface area (Å²) in [5, 5.41) is 9.96. The zero-order valence-electron chi connectivity index (χ0n) is 18.4. The van der Waals surface area contributed by atoms with Gasteiger partial charge in [-0.15, -0.1) is 0 Å². The number of carbonyl (C=O) groups is 2. The highest BCUT2D eigenvalue weighted by molar-refractivity contribution is 6.30. The molecular weight excluding hydrogens is 480 g/mol. The molecule has 0 bridgehead atoms. The predicted octanol–water partition coefficient (Wildman–Crippen LogP) is 5.80. The SMILES string of the molecule is C[C@]1(Cc2ccc(Cl)c(F)c2)Cc2cc(C(=O)N(CC(=O)O)Cc3ccc(Cl)cc3)ccc2O1. The van der Waals surface area contributed by atoms with E-state index in [4.69, 9.17) is 27.9 Å². The standard InChI is InChI=1S/C26H22Cl2FNO4/c1-26(12-17-4-8-21(28)22(29)10-17)13-19-11-18(5-9-23(19)34-26)25(33)30(15-24(31)32)14-16-2-6-20(27)7-3-16/h2-11H,12-15H2,1H3,(H,31,32)/t26-/m0/s1. The number of halogens is 3. The molecule has 1 aliphatic rings. The molecule has 1 atom stereocenters. The largest absolute Gasteiger partial charge is 0.487 e. The number of ether oxygens (including phenoxy) is 1. The Morgan fingerprint density at radius 2 is 1.76 bits per heavy atom. The summed E-state index contributed by atoms with van der Waals surface area (Å²) in [5.74, 6) is -1.33. The quantitative estimate of drug-likeness (QED) is 0.444. The molecule has 0 aliphatic carbocycles. The number of rotatable bonds is 7. The third kappa shape index (κ3) is 5.51. The van der Waals surface area contributed by atoms with E-state index >= 15 is 0 Å². The lowest BCUT2D eigenvalue weighted by atomic mass is 9.91. The number of aliphatic carboxylic acids is 1. The third-order valence-corrected chi connectivity index (χ3v) is 6.25. The lowest BCUT2D eigenvalue weighted by Gasteiger charge is -2.24. The number of hydrogen-bond acceptors (Lipinski definition) is 3. The number of amides is 1. The first-order valence-electron chi connectivity index (χ1n) is 10.6. The Hall–Kier alpha value is -3.09. The van der Waals surface area contributed by atoms with Gasteiger partial charge in [0.15, 0.2) is 0 Å². The summed E-state index contributed by atoms with van der Waals surface area (Å²) in [4.78, 5) is 25.9. The summed E-state index contributed by atoms with van der Waals surface area (Å²) in [5.41, 5.74) is 2.12. The van der Waals surface area contributed by atoms with Crippen molar-refractivity contribution in [2.75, 3.05) is 6.54 Å². The van der Waals surface area contributed by atoms with Crippen LogP contribution in [0, 0.1) is 5.82 Å². The fourth-order valence-corrected chi connectivity index (χ4v) is 4.43. The number of benzene rings is 3. The Labute approximate surface area is 206 Å². The zero-order chi connectivity index (χ0) is 24.5. The van der Waals surface area contributed by atoms with Crippen LogP contribution in [0.4, 0.5) is 4.39 Å². The van der Waals surface area contributed by atoms with Crippen LogP contribution < -0.4 is 4.74 Å². The second-order valence-electron chi connectivity index (χ2n) is 8.66.